The first kappa shape index (κ1) is 9.00. The number of aromatic nitrogens is 1. The second-order valence-electron chi connectivity index (χ2n) is 3.81. The largest absolute Gasteiger partial charge is 0.397 e. The Morgan fingerprint density at radius 2 is 1.93 bits per heavy atom. The average Bonchev–Trinajstić information content (AvgIpc) is 2.18. The van der Waals surface area contributed by atoms with Crippen molar-refractivity contribution in [2.75, 3.05) is 5.73 Å². The van der Waals surface area contributed by atoms with Crippen LogP contribution in [0.15, 0.2) is 30.3 Å². The number of benzene rings is 1. The fraction of sp³-hybridized carbons (Fsp3) is 0.250. The first-order valence-corrected chi connectivity index (χ1v) is 4.83. The molecule has 2 rings (SSSR count). The van der Waals surface area contributed by atoms with Crippen molar-refractivity contribution >= 4 is 16.6 Å². The van der Waals surface area contributed by atoms with Gasteiger partial charge in [0.05, 0.1) is 11.2 Å². The van der Waals surface area contributed by atoms with E-state index in [0.29, 0.717) is 5.92 Å². The van der Waals surface area contributed by atoms with E-state index in [1.165, 1.54) is 0 Å². The van der Waals surface area contributed by atoms with Crippen LogP contribution in [0.4, 0.5) is 5.69 Å². The predicted octanol–water partition coefficient (Wildman–Crippen LogP) is 2.94. The van der Waals surface area contributed by atoms with Crippen LogP contribution in [0.1, 0.15) is 25.5 Å². The van der Waals surface area contributed by atoms with Gasteiger partial charge in [0.25, 0.3) is 0 Å². The first-order valence-electron chi connectivity index (χ1n) is 4.83. The zero-order valence-electron chi connectivity index (χ0n) is 8.49. The summed E-state index contributed by atoms with van der Waals surface area (Å²) in [6.45, 7) is 4.26. The van der Waals surface area contributed by atoms with E-state index < -0.39 is 0 Å². The van der Waals surface area contributed by atoms with Gasteiger partial charge in [-0.15, -0.1) is 0 Å². The SMILES string of the molecule is CC(C)c1ccc2cccc(N)c2n1. The standard InChI is InChI=1S/C12H14N2/c1-8(2)11-7-6-9-4-3-5-10(13)12(9)14-11/h3-8H,13H2,1-2H3. The number of hydrogen-bond donors (Lipinski definition) is 1. The van der Waals surface area contributed by atoms with E-state index >= 15 is 0 Å². The highest BCUT2D eigenvalue weighted by atomic mass is 14.7. The van der Waals surface area contributed by atoms with Crippen molar-refractivity contribution < 1.29 is 0 Å². The summed E-state index contributed by atoms with van der Waals surface area (Å²) in [6.07, 6.45) is 0. The molecular formula is C12H14N2. The van der Waals surface area contributed by atoms with E-state index in [0.717, 1.165) is 22.3 Å². The van der Waals surface area contributed by atoms with Gasteiger partial charge in [0, 0.05) is 11.1 Å². The summed E-state index contributed by atoms with van der Waals surface area (Å²) in [5.41, 5.74) is 8.63. The van der Waals surface area contributed by atoms with E-state index in [2.05, 4.69) is 31.0 Å². The lowest BCUT2D eigenvalue weighted by atomic mass is 10.1. The van der Waals surface area contributed by atoms with Gasteiger partial charge in [-0.2, -0.15) is 0 Å². The number of fused-ring (bicyclic) bond motifs is 1. The second-order valence-corrected chi connectivity index (χ2v) is 3.81. The number of nitrogens with two attached hydrogens (primary N) is 1. The fourth-order valence-electron chi connectivity index (χ4n) is 1.51. The Bertz CT molecular complexity index is 461. The molecule has 0 unspecified atom stereocenters. The van der Waals surface area contributed by atoms with Gasteiger partial charge in [0.2, 0.25) is 0 Å². The summed E-state index contributed by atoms with van der Waals surface area (Å²) >= 11 is 0. The summed E-state index contributed by atoms with van der Waals surface area (Å²) in [4.78, 5) is 4.55. The molecule has 1 heterocycles. The highest BCUT2D eigenvalue weighted by Gasteiger charge is 2.03. The Balaban J connectivity index is 2.70. The number of nitrogens with zero attached hydrogens (tertiary/aromatic N) is 1. The number of pyridine rings is 1. The van der Waals surface area contributed by atoms with Crippen molar-refractivity contribution in [3.63, 3.8) is 0 Å². The Kier molecular flexibility index (Phi) is 2.12. The molecule has 0 aliphatic heterocycles. The molecule has 0 aliphatic rings. The molecule has 2 heteroatoms. The zero-order valence-corrected chi connectivity index (χ0v) is 8.49. The average molecular weight is 186 g/mol. The number of hydrogen-bond acceptors (Lipinski definition) is 2. The zero-order chi connectivity index (χ0) is 10.1. The second kappa shape index (κ2) is 3.29. The molecule has 0 amide bonds. The van der Waals surface area contributed by atoms with Crippen LogP contribution in [-0.4, -0.2) is 4.98 Å². The third kappa shape index (κ3) is 1.43. The molecule has 1 aromatic carbocycles. The summed E-state index contributed by atoms with van der Waals surface area (Å²) < 4.78 is 0. The van der Waals surface area contributed by atoms with Crippen LogP contribution in [0.5, 0.6) is 0 Å². The Labute approximate surface area is 83.8 Å². The van der Waals surface area contributed by atoms with Gasteiger partial charge >= 0.3 is 0 Å². The van der Waals surface area contributed by atoms with Crippen molar-refractivity contribution in [3.05, 3.63) is 36.0 Å². The molecule has 0 saturated carbocycles. The van der Waals surface area contributed by atoms with Gasteiger partial charge in [-0.25, -0.2) is 0 Å². The maximum absolute atomic E-state index is 5.86. The molecule has 0 bridgehead atoms. The van der Waals surface area contributed by atoms with Gasteiger partial charge in [-0.1, -0.05) is 32.0 Å². The number of para-hydroxylation sites is 1. The molecule has 2 nitrogen and oxygen atoms in total. The minimum atomic E-state index is 0.444. The lowest BCUT2D eigenvalue weighted by Crippen LogP contribution is -1.95. The van der Waals surface area contributed by atoms with E-state index in [-0.39, 0.29) is 0 Å². The summed E-state index contributed by atoms with van der Waals surface area (Å²) in [7, 11) is 0. The lowest BCUT2D eigenvalue weighted by Gasteiger charge is -2.06. The normalized spacial score (nSPS) is 11.1. The fourth-order valence-corrected chi connectivity index (χ4v) is 1.51. The van der Waals surface area contributed by atoms with Crippen LogP contribution in [0, 0.1) is 0 Å². The molecule has 72 valence electrons. The van der Waals surface area contributed by atoms with Crippen molar-refractivity contribution in [1.29, 1.82) is 0 Å². The molecule has 0 aliphatic carbocycles. The van der Waals surface area contributed by atoms with Crippen molar-refractivity contribution in [2.45, 2.75) is 19.8 Å². The molecule has 0 spiro atoms. The van der Waals surface area contributed by atoms with E-state index in [1.54, 1.807) is 0 Å². The van der Waals surface area contributed by atoms with Crippen molar-refractivity contribution in [1.82, 2.24) is 4.98 Å². The van der Waals surface area contributed by atoms with E-state index in [9.17, 15) is 0 Å². The topological polar surface area (TPSA) is 38.9 Å². The predicted molar refractivity (Wildman–Crippen MR) is 60.2 cm³/mol. The van der Waals surface area contributed by atoms with Crippen LogP contribution < -0.4 is 5.73 Å². The van der Waals surface area contributed by atoms with Crippen LogP contribution >= 0.6 is 0 Å². The molecule has 2 aromatic rings. The molecule has 0 atom stereocenters. The van der Waals surface area contributed by atoms with Crippen LogP contribution in [0.2, 0.25) is 0 Å². The van der Waals surface area contributed by atoms with Gasteiger partial charge in [-0.3, -0.25) is 4.98 Å². The minimum absolute atomic E-state index is 0.444. The molecule has 1 aromatic heterocycles. The molecule has 0 radical (unpaired) electrons. The molecule has 2 N–H and O–H groups in total. The quantitative estimate of drug-likeness (QED) is 0.695. The van der Waals surface area contributed by atoms with Gasteiger partial charge in [0.15, 0.2) is 0 Å². The lowest BCUT2D eigenvalue weighted by molar-refractivity contribution is 0.830. The molecule has 14 heavy (non-hydrogen) atoms. The number of nitrogen functional groups attached to an aromatic ring is 1. The maximum atomic E-state index is 5.86. The summed E-state index contributed by atoms with van der Waals surface area (Å²) in [6, 6.07) is 10.0. The minimum Gasteiger partial charge on any atom is -0.397 e. The van der Waals surface area contributed by atoms with Crippen molar-refractivity contribution in [2.24, 2.45) is 0 Å². The smallest absolute Gasteiger partial charge is 0.0934 e. The molecular weight excluding hydrogens is 172 g/mol. The first-order chi connectivity index (χ1) is 6.68. The Hall–Kier alpha value is -1.57. The highest BCUT2D eigenvalue weighted by Crippen LogP contribution is 2.21. The monoisotopic (exact) mass is 186 g/mol. The van der Waals surface area contributed by atoms with Gasteiger partial charge < -0.3 is 5.73 Å². The van der Waals surface area contributed by atoms with Crippen LogP contribution in [-0.2, 0) is 0 Å². The van der Waals surface area contributed by atoms with Crippen LogP contribution in [0.25, 0.3) is 10.9 Å². The number of anilines is 1. The summed E-state index contributed by atoms with van der Waals surface area (Å²) in [5, 5.41) is 1.11. The van der Waals surface area contributed by atoms with Crippen LogP contribution in [0.3, 0.4) is 0 Å². The maximum Gasteiger partial charge on any atom is 0.0934 e. The van der Waals surface area contributed by atoms with E-state index in [4.69, 9.17) is 5.73 Å². The highest BCUT2D eigenvalue weighted by molar-refractivity contribution is 5.89. The number of rotatable bonds is 1. The van der Waals surface area contributed by atoms with Gasteiger partial charge in [-0.05, 0) is 18.1 Å². The van der Waals surface area contributed by atoms with E-state index in [1.807, 2.05) is 18.2 Å². The Morgan fingerprint density at radius 3 is 2.64 bits per heavy atom. The third-order valence-electron chi connectivity index (χ3n) is 2.36. The van der Waals surface area contributed by atoms with Gasteiger partial charge in [0.1, 0.15) is 0 Å². The van der Waals surface area contributed by atoms with Crippen molar-refractivity contribution in [3.8, 4) is 0 Å². The molecule has 0 fully saturated rings. The Morgan fingerprint density at radius 1 is 1.14 bits per heavy atom. The third-order valence-corrected chi connectivity index (χ3v) is 2.36. The molecule has 0 saturated heterocycles. The summed E-state index contributed by atoms with van der Waals surface area (Å²) in [5.74, 6) is 0.444.